The molecule has 2 N–H and O–H groups in total. The molecule has 4 aromatic carbocycles. The Kier molecular flexibility index (Phi) is 7.14. The summed E-state index contributed by atoms with van der Waals surface area (Å²) in [5.41, 5.74) is 5.53. The van der Waals surface area contributed by atoms with E-state index < -0.39 is 11.8 Å². The lowest BCUT2D eigenvalue weighted by molar-refractivity contribution is -0.136. The zero-order valence-corrected chi connectivity index (χ0v) is 19.0. The van der Waals surface area contributed by atoms with E-state index in [-0.39, 0.29) is 0 Å². The van der Waals surface area contributed by atoms with E-state index in [0.29, 0.717) is 29.3 Å². The largest absolute Gasteiger partial charge is 0.489 e. The fraction of sp³-hybridized carbons (Fsp3) is 0.0714. The summed E-state index contributed by atoms with van der Waals surface area (Å²) in [6.45, 7) is 2.17. The lowest BCUT2D eigenvalue weighted by atomic mass is 10.1. The van der Waals surface area contributed by atoms with Crippen LogP contribution in [0.1, 0.15) is 23.6 Å². The number of hydrogen-bond donors (Lipinski definition) is 2. The van der Waals surface area contributed by atoms with Crippen molar-refractivity contribution in [3.05, 3.63) is 108 Å². The number of rotatable bonds is 6. The van der Waals surface area contributed by atoms with Crippen LogP contribution in [-0.2, 0) is 16.2 Å². The van der Waals surface area contributed by atoms with Crippen LogP contribution in [0, 0.1) is 11.3 Å². The first-order valence-corrected chi connectivity index (χ1v) is 10.9. The summed E-state index contributed by atoms with van der Waals surface area (Å²) in [7, 11) is 0. The van der Waals surface area contributed by atoms with E-state index in [1.807, 2.05) is 54.6 Å². The minimum Gasteiger partial charge on any atom is -0.489 e. The first-order valence-electron chi connectivity index (χ1n) is 10.9. The summed E-state index contributed by atoms with van der Waals surface area (Å²) in [6, 6.07) is 29.8. The normalized spacial score (nSPS) is 10.9. The highest BCUT2D eigenvalue weighted by Gasteiger charge is 2.13. The first-order chi connectivity index (χ1) is 17.0. The molecule has 0 bridgehead atoms. The van der Waals surface area contributed by atoms with E-state index in [1.54, 1.807) is 31.2 Å². The average molecular weight is 463 g/mol. The minimum atomic E-state index is -0.899. The first kappa shape index (κ1) is 23.2. The molecule has 4 rings (SSSR count). The molecule has 0 aliphatic rings. The highest BCUT2D eigenvalue weighted by Crippen LogP contribution is 2.21. The highest BCUT2D eigenvalue weighted by molar-refractivity contribution is 6.39. The zero-order chi connectivity index (χ0) is 24.6. The number of nitriles is 1. The van der Waals surface area contributed by atoms with Gasteiger partial charge in [-0.1, -0.05) is 42.5 Å². The number of fused-ring (bicyclic) bond motifs is 1. The fourth-order valence-corrected chi connectivity index (χ4v) is 3.44. The number of ether oxygens (including phenoxy) is 1. The number of anilines is 1. The van der Waals surface area contributed by atoms with E-state index in [9.17, 15) is 9.59 Å². The molecule has 2 amide bonds. The summed E-state index contributed by atoms with van der Waals surface area (Å²) in [5.74, 6) is -1.05. The SMILES string of the molecule is CC(=NNC(=O)C(=O)Nc1ccc(C#N)cc1)c1ccc(OCc2cccc3ccccc23)cc1. The van der Waals surface area contributed by atoms with Crippen molar-refractivity contribution in [3.8, 4) is 11.8 Å². The highest BCUT2D eigenvalue weighted by atomic mass is 16.5. The van der Waals surface area contributed by atoms with Crippen molar-refractivity contribution < 1.29 is 14.3 Å². The number of nitrogens with zero attached hydrogens (tertiary/aromatic N) is 2. The van der Waals surface area contributed by atoms with Crippen molar-refractivity contribution in [3.63, 3.8) is 0 Å². The molecule has 0 aliphatic heterocycles. The van der Waals surface area contributed by atoms with Gasteiger partial charge in [0.05, 0.1) is 17.3 Å². The van der Waals surface area contributed by atoms with Crippen LogP contribution in [0.5, 0.6) is 5.75 Å². The molecule has 0 heterocycles. The van der Waals surface area contributed by atoms with E-state index >= 15 is 0 Å². The fourth-order valence-electron chi connectivity index (χ4n) is 3.44. The van der Waals surface area contributed by atoms with Gasteiger partial charge in [0.25, 0.3) is 0 Å². The molecular weight excluding hydrogens is 440 g/mol. The van der Waals surface area contributed by atoms with Crippen LogP contribution in [-0.4, -0.2) is 17.5 Å². The van der Waals surface area contributed by atoms with Gasteiger partial charge in [-0.25, -0.2) is 5.43 Å². The van der Waals surface area contributed by atoms with Crippen molar-refractivity contribution in [2.45, 2.75) is 13.5 Å². The van der Waals surface area contributed by atoms with Gasteiger partial charge < -0.3 is 10.1 Å². The predicted molar refractivity (Wildman–Crippen MR) is 135 cm³/mol. The van der Waals surface area contributed by atoms with Gasteiger partial charge in [-0.15, -0.1) is 0 Å². The van der Waals surface area contributed by atoms with Crippen molar-refractivity contribution in [2.24, 2.45) is 5.10 Å². The molecule has 35 heavy (non-hydrogen) atoms. The maximum atomic E-state index is 12.1. The van der Waals surface area contributed by atoms with Gasteiger partial charge >= 0.3 is 11.8 Å². The number of benzene rings is 4. The third kappa shape index (κ3) is 5.89. The van der Waals surface area contributed by atoms with E-state index in [0.717, 1.165) is 16.5 Å². The molecular formula is C28H22N4O3. The second-order valence-corrected chi connectivity index (χ2v) is 7.73. The Hall–Kier alpha value is -4.96. The Morgan fingerprint density at radius 1 is 0.886 bits per heavy atom. The van der Waals surface area contributed by atoms with Crippen LogP contribution < -0.4 is 15.5 Å². The maximum absolute atomic E-state index is 12.1. The Morgan fingerprint density at radius 3 is 2.34 bits per heavy atom. The smallest absolute Gasteiger partial charge is 0.329 e. The molecule has 0 atom stereocenters. The zero-order valence-electron chi connectivity index (χ0n) is 19.0. The van der Waals surface area contributed by atoms with Crippen LogP contribution in [0.2, 0.25) is 0 Å². The molecule has 0 aromatic heterocycles. The molecule has 0 radical (unpaired) electrons. The van der Waals surface area contributed by atoms with E-state index in [1.165, 1.54) is 5.39 Å². The van der Waals surface area contributed by atoms with Gasteiger partial charge in [0.2, 0.25) is 0 Å². The minimum absolute atomic E-state index is 0.406. The number of carbonyl (C=O) groups excluding carboxylic acids is 2. The third-order valence-corrected chi connectivity index (χ3v) is 5.35. The van der Waals surface area contributed by atoms with Crippen molar-refractivity contribution in [2.75, 3.05) is 5.32 Å². The lowest BCUT2D eigenvalue weighted by Crippen LogP contribution is -2.32. The van der Waals surface area contributed by atoms with Gasteiger partial charge in [0, 0.05) is 5.69 Å². The van der Waals surface area contributed by atoms with Crippen LogP contribution in [0.25, 0.3) is 10.8 Å². The Balaban J connectivity index is 1.32. The molecule has 7 heteroatoms. The number of hydrogen-bond acceptors (Lipinski definition) is 5. The molecule has 0 saturated heterocycles. The van der Waals surface area contributed by atoms with Gasteiger partial charge in [-0.3, -0.25) is 9.59 Å². The predicted octanol–water partition coefficient (Wildman–Crippen LogP) is 4.77. The lowest BCUT2D eigenvalue weighted by Gasteiger charge is -2.10. The number of nitrogens with one attached hydrogen (secondary N) is 2. The molecule has 0 saturated carbocycles. The second-order valence-electron chi connectivity index (χ2n) is 7.73. The van der Waals surface area contributed by atoms with Gasteiger partial charge in [-0.05, 0) is 77.4 Å². The van der Waals surface area contributed by atoms with Crippen LogP contribution in [0.15, 0.2) is 96.1 Å². The monoisotopic (exact) mass is 462 g/mol. The summed E-state index contributed by atoms with van der Waals surface area (Å²) in [6.07, 6.45) is 0. The molecule has 0 aliphatic carbocycles. The quantitative estimate of drug-likeness (QED) is 0.245. The van der Waals surface area contributed by atoms with Crippen LogP contribution in [0.4, 0.5) is 5.69 Å². The number of amides is 2. The Labute approximate surface area is 202 Å². The Bertz CT molecular complexity index is 1430. The topological polar surface area (TPSA) is 104 Å². The number of carbonyl (C=O) groups is 2. The van der Waals surface area contributed by atoms with E-state index in [2.05, 4.69) is 34.0 Å². The molecule has 172 valence electrons. The molecule has 0 spiro atoms. The van der Waals surface area contributed by atoms with Crippen LogP contribution in [0.3, 0.4) is 0 Å². The summed E-state index contributed by atoms with van der Waals surface area (Å²) in [4.78, 5) is 24.1. The molecule has 0 fully saturated rings. The number of hydrazone groups is 1. The molecule has 7 nitrogen and oxygen atoms in total. The van der Waals surface area contributed by atoms with Crippen molar-refractivity contribution >= 4 is 34.0 Å². The van der Waals surface area contributed by atoms with E-state index in [4.69, 9.17) is 10.00 Å². The van der Waals surface area contributed by atoms with Gasteiger partial charge in [0.1, 0.15) is 12.4 Å². The summed E-state index contributed by atoms with van der Waals surface area (Å²) in [5, 5.41) is 17.6. The molecule has 0 unspecified atom stereocenters. The molecule has 4 aromatic rings. The van der Waals surface area contributed by atoms with Crippen molar-refractivity contribution in [1.29, 1.82) is 5.26 Å². The van der Waals surface area contributed by atoms with Gasteiger partial charge in [0.15, 0.2) is 0 Å². The summed E-state index contributed by atoms with van der Waals surface area (Å²) < 4.78 is 5.96. The maximum Gasteiger partial charge on any atom is 0.329 e. The Morgan fingerprint density at radius 2 is 1.60 bits per heavy atom. The van der Waals surface area contributed by atoms with Gasteiger partial charge in [-0.2, -0.15) is 10.4 Å². The van der Waals surface area contributed by atoms with Crippen molar-refractivity contribution in [1.82, 2.24) is 5.43 Å². The van der Waals surface area contributed by atoms with Crippen LogP contribution >= 0.6 is 0 Å². The second kappa shape index (κ2) is 10.8. The summed E-state index contributed by atoms with van der Waals surface area (Å²) >= 11 is 0. The third-order valence-electron chi connectivity index (χ3n) is 5.35. The average Bonchev–Trinajstić information content (AvgIpc) is 2.91. The standard InChI is InChI=1S/C28H22N4O3/c1-19(31-32-28(34)27(33)30-24-13-9-20(17-29)10-14-24)21-11-15-25(16-12-21)35-18-23-7-4-6-22-5-2-3-8-26(22)23/h2-16H,18H2,1H3,(H,30,33)(H,32,34).